The van der Waals surface area contributed by atoms with Gasteiger partial charge < -0.3 is 9.30 Å². The lowest BCUT2D eigenvalue weighted by Gasteiger charge is -2.00. The second-order valence-corrected chi connectivity index (χ2v) is 4.68. The zero-order chi connectivity index (χ0) is 14.7. The van der Waals surface area contributed by atoms with Crippen molar-refractivity contribution in [1.82, 2.24) is 4.57 Å². The molecule has 20 heavy (non-hydrogen) atoms. The van der Waals surface area contributed by atoms with Gasteiger partial charge in [0.2, 0.25) is 0 Å². The summed E-state index contributed by atoms with van der Waals surface area (Å²) in [6, 6.07) is 9.12. The molecule has 2 rings (SSSR count). The number of aromatic nitrogens is 1. The van der Waals surface area contributed by atoms with Gasteiger partial charge in [-0.25, -0.2) is 4.79 Å². The number of rotatable bonds is 3. The SMILES string of the molecule is COC(=O)c1ccc(N=Cc2cc(C)n(C)c2C)cc1. The van der Waals surface area contributed by atoms with Gasteiger partial charge in [-0.15, -0.1) is 0 Å². The predicted molar refractivity (Wildman–Crippen MR) is 79.9 cm³/mol. The van der Waals surface area contributed by atoms with E-state index in [0.717, 1.165) is 11.3 Å². The number of aliphatic imine (C=N–C) groups is 1. The highest BCUT2D eigenvalue weighted by Gasteiger charge is 2.05. The van der Waals surface area contributed by atoms with E-state index in [4.69, 9.17) is 0 Å². The number of ether oxygens (including phenoxy) is 1. The molecule has 0 N–H and O–H groups in total. The van der Waals surface area contributed by atoms with Crippen LogP contribution in [0.3, 0.4) is 0 Å². The van der Waals surface area contributed by atoms with E-state index in [0.29, 0.717) is 5.56 Å². The molecule has 0 aliphatic heterocycles. The minimum atomic E-state index is -0.338. The molecule has 0 bridgehead atoms. The van der Waals surface area contributed by atoms with E-state index in [2.05, 4.69) is 34.2 Å². The smallest absolute Gasteiger partial charge is 0.337 e. The number of benzene rings is 1. The molecule has 0 aliphatic carbocycles. The van der Waals surface area contributed by atoms with Crippen molar-refractivity contribution in [3.8, 4) is 0 Å². The first kappa shape index (κ1) is 14.1. The number of hydrogen-bond donors (Lipinski definition) is 0. The monoisotopic (exact) mass is 270 g/mol. The highest BCUT2D eigenvalue weighted by Crippen LogP contribution is 2.16. The topological polar surface area (TPSA) is 43.6 Å². The first-order chi connectivity index (χ1) is 9.52. The Bertz CT molecular complexity index is 652. The normalized spacial score (nSPS) is 11.0. The summed E-state index contributed by atoms with van der Waals surface area (Å²) in [6.45, 7) is 4.13. The predicted octanol–water partition coefficient (Wildman–Crippen LogP) is 3.18. The van der Waals surface area contributed by atoms with Crippen LogP contribution in [0.1, 0.15) is 27.3 Å². The number of carbonyl (C=O) groups excluding carboxylic acids is 1. The molecule has 0 radical (unpaired) electrons. The Kier molecular flexibility index (Phi) is 4.03. The molecule has 4 heteroatoms. The lowest BCUT2D eigenvalue weighted by molar-refractivity contribution is 0.0601. The van der Waals surface area contributed by atoms with E-state index in [1.165, 1.54) is 18.5 Å². The van der Waals surface area contributed by atoms with Gasteiger partial charge in [0, 0.05) is 30.2 Å². The summed E-state index contributed by atoms with van der Waals surface area (Å²) in [5.41, 5.74) is 4.81. The molecule has 4 nitrogen and oxygen atoms in total. The molecule has 0 amide bonds. The summed E-state index contributed by atoms with van der Waals surface area (Å²) in [5.74, 6) is -0.338. The van der Waals surface area contributed by atoms with Gasteiger partial charge >= 0.3 is 5.97 Å². The first-order valence-electron chi connectivity index (χ1n) is 6.38. The van der Waals surface area contributed by atoms with Gasteiger partial charge in [-0.2, -0.15) is 0 Å². The molecular weight excluding hydrogens is 252 g/mol. The van der Waals surface area contributed by atoms with E-state index >= 15 is 0 Å². The Morgan fingerprint density at radius 3 is 2.40 bits per heavy atom. The maximum absolute atomic E-state index is 11.3. The molecule has 1 heterocycles. The molecule has 0 unspecified atom stereocenters. The fourth-order valence-corrected chi connectivity index (χ4v) is 1.96. The number of esters is 1. The van der Waals surface area contributed by atoms with Crippen molar-refractivity contribution in [1.29, 1.82) is 0 Å². The van der Waals surface area contributed by atoms with Gasteiger partial charge in [-0.05, 0) is 44.2 Å². The highest BCUT2D eigenvalue weighted by molar-refractivity contribution is 5.90. The third-order valence-electron chi connectivity index (χ3n) is 3.46. The number of methoxy groups -OCH3 is 1. The van der Waals surface area contributed by atoms with Crippen LogP contribution in [-0.4, -0.2) is 23.9 Å². The van der Waals surface area contributed by atoms with Crippen LogP contribution in [0.25, 0.3) is 0 Å². The average molecular weight is 270 g/mol. The molecule has 0 saturated heterocycles. The summed E-state index contributed by atoms with van der Waals surface area (Å²) in [6.07, 6.45) is 1.84. The number of hydrogen-bond acceptors (Lipinski definition) is 3. The van der Waals surface area contributed by atoms with Crippen molar-refractivity contribution < 1.29 is 9.53 Å². The molecule has 1 aromatic heterocycles. The lowest BCUT2D eigenvalue weighted by Crippen LogP contribution is -1.99. The Balaban J connectivity index is 2.19. The second-order valence-electron chi connectivity index (χ2n) is 4.68. The van der Waals surface area contributed by atoms with E-state index in [9.17, 15) is 4.79 Å². The van der Waals surface area contributed by atoms with Crippen LogP contribution >= 0.6 is 0 Å². The van der Waals surface area contributed by atoms with Crippen LogP contribution in [0.15, 0.2) is 35.3 Å². The van der Waals surface area contributed by atoms with Crippen LogP contribution in [0.5, 0.6) is 0 Å². The van der Waals surface area contributed by atoms with Crippen LogP contribution in [0, 0.1) is 13.8 Å². The van der Waals surface area contributed by atoms with Crippen molar-refractivity contribution in [3.63, 3.8) is 0 Å². The van der Waals surface area contributed by atoms with E-state index in [1.807, 2.05) is 13.3 Å². The standard InChI is InChI=1S/C16H18N2O2/c1-11-9-14(12(2)18(11)3)10-17-15-7-5-13(6-8-15)16(19)20-4/h5-10H,1-4H3. The Labute approximate surface area is 118 Å². The Morgan fingerprint density at radius 2 is 1.90 bits per heavy atom. The van der Waals surface area contributed by atoms with Crippen molar-refractivity contribution in [2.24, 2.45) is 12.0 Å². The fourth-order valence-electron chi connectivity index (χ4n) is 1.96. The molecule has 0 spiro atoms. The highest BCUT2D eigenvalue weighted by atomic mass is 16.5. The summed E-state index contributed by atoms with van der Waals surface area (Å²) in [4.78, 5) is 15.8. The number of carbonyl (C=O) groups is 1. The molecular formula is C16H18N2O2. The van der Waals surface area contributed by atoms with Gasteiger partial charge in [0.05, 0.1) is 18.4 Å². The van der Waals surface area contributed by atoms with Crippen LogP contribution in [-0.2, 0) is 11.8 Å². The van der Waals surface area contributed by atoms with E-state index < -0.39 is 0 Å². The van der Waals surface area contributed by atoms with Gasteiger partial charge in [-0.3, -0.25) is 4.99 Å². The molecule has 2 aromatic rings. The minimum Gasteiger partial charge on any atom is -0.465 e. The molecule has 0 saturated carbocycles. The number of aryl methyl sites for hydroxylation is 1. The second kappa shape index (κ2) is 5.74. The zero-order valence-corrected chi connectivity index (χ0v) is 12.2. The minimum absolute atomic E-state index is 0.338. The fraction of sp³-hybridized carbons (Fsp3) is 0.250. The first-order valence-corrected chi connectivity index (χ1v) is 6.38. The van der Waals surface area contributed by atoms with Gasteiger partial charge in [0.15, 0.2) is 0 Å². The maximum Gasteiger partial charge on any atom is 0.337 e. The summed E-state index contributed by atoms with van der Waals surface area (Å²) < 4.78 is 6.78. The van der Waals surface area contributed by atoms with Crippen molar-refractivity contribution >= 4 is 17.9 Å². The quantitative estimate of drug-likeness (QED) is 0.635. The molecule has 0 aliphatic rings. The Morgan fingerprint density at radius 1 is 1.25 bits per heavy atom. The van der Waals surface area contributed by atoms with Crippen molar-refractivity contribution in [3.05, 3.63) is 52.8 Å². The molecule has 104 valence electrons. The lowest BCUT2D eigenvalue weighted by atomic mass is 10.2. The van der Waals surface area contributed by atoms with Crippen molar-refractivity contribution in [2.75, 3.05) is 7.11 Å². The average Bonchev–Trinajstić information content (AvgIpc) is 2.72. The van der Waals surface area contributed by atoms with Crippen molar-refractivity contribution in [2.45, 2.75) is 13.8 Å². The molecule has 1 aromatic carbocycles. The van der Waals surface area contributed by atoms with E-state index in [1.54, 1.807) is 24.3 Å². The third-order valence-corrected chi connectivity index (χ3v) is 3.46. The molecule has 0 atom stereocenters. The molecule has 0 fully saturated rings. The third kappa shape index (κ3) is 2.79. The van der Waals surface area contributed by atoms with Gasteiger partial charge in [-0.1, -0.05) is 0 Å². The zero-order valence-electron chi connectivity index (χ0n) is 12.2. The summed E-state index contributed by atoms with van der Waals surface area (Å²) >= 11 is 0. The van der Waals surface area contributed by atoms with Gasteiger partial charge in [0.1, 0.15) is 0 Å². The van der Waals surface area contributed by atoms with Crippen LogP contribution in [0.4, 0.5) is 5.69 Å². The van der Waals surface area contributed by atoms with Crippen LogP contribution < -0.4 is 0 Å². The largest absolute Gasteiger partial charge is 0.465 e. The van der Waals surface area contributed by atoms with Gasteiger partial charge in [0.25, 0.3) is 0 Å². The van der Waals surface area contributed by atoms with E-state index in [-0.39, 0.29) is 5.97 Å². The Hall–Kier alpha value is -2.36. The maximum atomic E-state index is 11.3. The number of nitrogens with zero attached hydrogens (tertiary/aromatic N) is 2. The summed E-state index contributed by atoms with van der Waals surface area (Å²) in [7, 11) is 3.40. The van der Waals surface area contributed by atoms with Crippen LogP contribution in [0.2, 0.25) is 0 Å². The summed E-state index contributed by atoms with van der Waals surface area (Å²) in [5, 5.41) is 0.